The van der Waals surface area contributed by atoms with Crippen molar-refractivity contribution in [2.24, 2.45) is 5.92 Å². The minimum atomic E-state index is -2.58. The van der Waals surface area contributed by atoms with Gasteiger partial charge >= 0.3 is 5.97 Å². The molecule has 0 radical (unpaired) electrons. The van der Waals surface area contributed by atoms with Gasteiger partial charge in [0.05, 0.1) is 5.92 Å². The number of aryl methyl sites for hydroxylation is 1. The summed E-state index contributed by atoms with van der Waals surface area (Å²) in [7, 11) is 0. The Morgan fingerprint density at radius 3 is 2.35 bits per heavy atom. The fraction of sp³-hybridized carbons (Fsp3) is 0.562. The molecule has 1 saturated carbocycles. The Balaban J connectivity index is 1.83. The molecule has 1 aromatic carbocycles. The number of rotatable bonds is 4. The van der Waals surface area contributed by atoms with E-state index < -0.39 is 19.0 Å². The zero-order valence-electron chi connectivity index (χ0n) is 11.6. The Bertz CT molecular complexity index is 434. The Kier molecular flexibility index (Phi) is 5.10. The molecule has 0 saturated heterocycles. The highest BCUT2D eigenvalue weighted by Crippen LogP contribution is 2.36. The van der Waals surface area contributed by atoms with Crippen LogP contribution in [0.25, 0.3) is 0 Å². The molecule has 0 amide bonds. The molecule has 1 aromatic rings. The summed E-state index contributed by atoms with van der Waals surface area (Å²) in [5.74, 6) is -0.210. The van der Waals surface area contributed by atoms with Crippen molar-refractivity contribution in [2.45, 2.75) is 45.0 Å². The first kappa shape index (κ1) is 14.9. The van der Waals surface area contributed by atoms with Gasteiger partial charge in [-0.15, -0.1) is 0 Å². The van der Waals surface area contributed by atoms with Crippen molar-refractivity contribution in [3.8, 4) is 0 Å². The molecule has 0 bridgehead atoms. The molecule has 0 heterocycles. The largest absolute Gasteiger partial charge is 0.459 e. The van der Waals surface area contributed by atoms with Crippen molar-refractivity contribution < 1.29 is 18.3 Å². The third-order valence-corrected chi connectivity index (χ3v) is 3.96. The minimum Gasteiger partial charge on any atom is -0.459 e. The molecule has 1 aliphatic carbocycles. The van der Waals surface area contributed by atoms with Crippen molar-refractivity contribution >= 4 is 5.97 Å². The van der Waals surface area contributed by atoms with E-state index in [1.54, 1.807) is 0 Å². The van der Waals surface area contributed by atoms with Crippen LogP contribution in [-0.4, -0.2) is 19.0 Å². The van der Waals surface area contributed by atoms with Gasteiger partial charge in [-0.25, -0.2) is 8.78 Å². The maximum Gasteiger partial charge on any atom is 0.309 e. The molecule has 20 heavy (non-hydrogen) atoms. The predicted molar refractivity (Wildman–Crippen MR) is 72.8 cm³/mol. The van der Waals surface area contributed by atoms with Crippen LogP contribution in [0.3, 0.4) is 0 Å². The van der Waals surface area contributed by atoms with E-state index in [0.717, 1.165) is 25.7 Å². The van der Waals surface area contributed by atoms with Crippen LogP contribution in [0.15, 0.2) is 24.3 Å². The highest BCUT2D eigenvalue weighted by Gasteiger charge is 2.28. The predicted octanol–water partition coefficient (Wildman–Crippen LogP) is 4.08. The SMILES string of the molecule is Cc1ccc(C2CCC(C(=O)OCC(F)F)CC2)cc1. The van der Waals surface area contributed by atoms with Crippen LogP contribution in [0.5, 0.6) is 0 Å². The number of hydrogen-bond acceptors (Lipinski definition) is 2. The molecule has 0 unspecified atom stereocenters. The van der Waals surface area contributed by atoms with E-state index in [1.807, 2.05) is 0 Å². The minimum absolute atomic E-state index is 0.213. The van der Waals surface area contributed by atoms with Gasteiger partial charge in [-0.3, -0.25) is 4.79 Å². The molecule has 1 aliphatic rings. The number of hydrogen-bond donors (Lipinski definition) is 0. The maximum atomic E-state index is 12.0. The van der Waals surface area contributed by atoms with E-state index in [4.69, 9.17) is 0 Å². The van der Waals surface area contributed by atoms with Gasteiger partial charge in [0.15, 0.2) is 6.61 Å². The Morgan fingerprint density at radius 2 is 1.80 bits per heavy atom. The molecule has 0 spiro atoms. The third kappa shape index (κ3) is 4.02. The average molecular weight is 282 g/mol. The quantitative estimate of drug-likeness (QED) is 0.778. The standard InChI is InChI=1S/C16H20F2O2/c1-11-2-4-12(5-3-11)13-6-8-14(9-7-13)16(19)20-10-15(17)18/h2-5,13-15H,6-10H2,1H3. The number of carbonyl (C=O) groups is 1. The monoisotopic (exact) mass is 282 g/mol. The van der Waals surface area contributed by atoms with Gasteiger partial charge < -0.3 is 4.74 Å². The van der Waals surface area contributed by atoms with Gasteiger partial charge in [0, 0.05) is 0 Å². The van der Waals surface area contributed by atoms with Gasteiger partial charge in [0.2, 0.25) is 0 Å². The first-order valence-corrected chi connectivity index (χ1v) is 7.07. The molecule has 0 atom stereocenters. The molecule has 4 heteroatoms. The van der Waals surface area contributed by atoms with Crippen LogP contribution < -0.4 is 0 Å². The second-order valence-electron chi connectivity index (χ2n) is 5.48. The molecule has 0 N–H and O–H groups in total. The highest BCUT2D eigenvalue weighted by molar-refractivity contribution is 5.72. The Hall–Kier alpha value is -1.45. The van der Waals surface area contributed by atoms with Gasteiger partial charge in [-0.2, -0.15) is 0 Å². The third-order valence-electron chi connectivity index (χ3n) is 3.96. The molecule has 2 rings (SSSR count). The topological polar surface area (TPSA) is 26.3 Å². The normalized spacial score (nSPS) is 22.8. The maximum absolute atomic E-state index is 12.0. The highest BCUT2D eigenvalue weighted by atomic mass is 19.3. The van der Waals surface area contributed by atoms with Crippen molar-refractivity contribution in [2.75, 3.05) is 6.61 Å². The van der Waals surface area contributed by atoms with E-state index in [9.17, 15) is 13.6 Å². The van der Waals surface area contributed by atoms with E-state index in [-0.39, 0.29) is 5.92 Å². The van der Waals surface area contributed by atoms with Crippen molar-refractivity contribution in [1.29, 1.82) is 0 Å². The number of ether oxygens (including phenoxy) is 1. The lowest BCUT2D eigenvalue weighted by Crippen LogP contribution is -2.24. The van der Waals surface area contributed by atoms with Gasteiger partial charge in [-0.05, 0) is 44.1 Å². The average Bonchev–Trinajstić information content (AvgIpc) is 2.46. The number of carbonyl (C=O) groups excluding carboxylic acids is 1. The zero-order valence-corrected chi connectivity index (χ0v) is 11.6. The molecular formula is C16H20F2O2. The van der Waals surface area contributed by atoms with Gasteiger partial charge in [0.1, 0.15) is 0 Å². The van der Waals surface area contributed by atoms with E-state index in [0.29, 0.717) is 5.92 Å². The molecule has 0 aliphatic heterocycles. The lowest BCUT2D eigenvalue weighted by Gasteiger charge is -2.27. The second-order valence-corrected chi connectivity index (χ2v) is 5.48. The van der Waals surface area contributed by atoms with Crippen molar-refractivity contribution in [3.05, 3.63) is 35.4 Å². The van der Waals surface area contributed by atoms with Crippen LogP contribution in [0, 0.1) is 12.8 Å². The summed E-state index contributed by atoms with van der Waals surface area (Å²) in [6, 6.07) is 8.46. The van der Waals surface area contributed by atoms with E-state index in [2.05, 4.69) is 35.9 Å². The summed E-state index contributed by atoms with van der Waals surface area (Å²) in [5, 5.41) is 0. The lowest BCUT2D eigenvalue weighted by molar-refractivity contribution is -0.153. The van der Waals surface area contributed by atoms with Crippen LogP contribution >= 0.6 is 0 Å². The first-order chi connectivity index (χ1) is 9.56. The molecule has 1 fully saturated rings. The number of alkyl halides is 2. The Labute approximate surface area is 118 Å². The zero-order chi connectivity index (χ0) is 14.5. The fourth-order valence-electron chi connectivity index (χ4n) is 2.76. The summed E-state index contributed by atoms with van der Waals surface area (Å²) in [6.45, 7) is 1.27. The van der Waals surface area contributed by atoms with Crippen molar-refractivity contribution in [3.63, 3.8) is 0 Å². The second kappa shape index (κ2) is 6.82. The molecular weight excluding hydrogens is 262 g/mol. The van der Waals surface area contributed by atoms with E-state index in [1.165, 1.54) is 11.1 Å². The number of halogens is 2. The van der Waals surface area contributed by atoms with Crippen molar-refractivity contribution in [1.82, 2.24) is 0 Å². The summed E-state index contributed by atoms with van der Waals surface area (Å²) in [4.78, 5) is 11.6. The molecule has 0 aromatic heterocycles. The molecule has 110 valence electrons. The summed E-state index contributed by atoms with van der Waals surface area (Å²) < 4.78 is 28.6. The summed E-state index contributed by atoms with van der Waals surface area (Å²) >= 11 is 0. The van der Waals surface area contributed by atoms with E-state index >= 15 is 0 Å². The molecule has 2 nitrogen and oxygen atoms in total. The fourth-order valence-corrected chi connectivity index (χ4v) is 2.76. The van der Waals surface area contributed by atoms with Crippen LogP contribution in [0.2, 0.25) is 0 Å². The smallest absolute Gasteiger partial charge is 0.309 e. The van der Waals surface area contributed by atoms with Crippen LogP contribution in [0.4, 0.5) is 8.78 Å². The lowest BCUT2D eigenvalue weighted by atomic mass is 9.78. The number of benzene rings is 1. The van der Waals surface area contributed by atoms with Gasteiger partial charge in [0.25, 0.3) is 6.43 Å². The van der Waals surface area contributed by atoms with Crippen LogP contribution in [-0.2, 0) is 9.53 Å². The van der Waals surface area contributed by atoms with Crippen LogP contribution in [0.1, 0.15) is 42.7 Å². The summed E-state index contributed by atoms with van der Waals surface area (Å²) in [6.07, 6.45) is 0.693. The summed E-state index contributed by atoms with van der Waals surface area (Å²) in [5.41, 5.74) is 2.54. The first-order valence-electron chi connectivity index (χ1n) is 7.07. The Morgan fingerprint density at radius 1 is 1.20 bits per heavy atom. The van der Waals surface area contributed by atoms with Gasteiger partial charge in [-0.1, -0.05) is 29.8 Å². The number of esters is 1.